The van der Waals surface area contributed by atoms with E-state index in [2.05, 4.69) is 5.32 Å². The van der Waals surface area contributed by atoms with Gasteiger partial charge in [-0.1, -0.05) is 25.7 Å². The van der Waals surface area contributed by atoms with Gasteiger partial charge >= 0.3 is 5.97 Å². The van der Waals surface area contributed by atoms with E-state index >= 15 is 0 Å². The zero-order chi connectivity index (χ0) is 15.5. The van der Waals surface area contributed by atoms with E-state index < -0.39 is 17.4 Å². The lowest BCUT2D eigenvalue weighted by Gasteiger charge is -2.29. The van der Waals surface area contributed by atoms with Gasteiger partial charge in [-0.25, -0.2) is 4.79 Å². The summed E-state index contributed by atoms with van der Waals surface area (Å²) in [7, 11) is 0. The maximum atomic E-state index is 12.3. The van der Waals surface area contributed by atoms with Crippen molar-refractivity contribution in [2.24, 2.45) is 0 Å². The summed E-state index contributed by atoms with van der Waals surface area (Å²) < 4.78 is 0. The maximum Gasteiger partial charge on any atom is 0.329 e. The van der Waals surface area contributed by atoms with Crippen LogP contribution in [0.25, 0.3) is 0 Å². The monoisotopic (exact) mass is 309 g/mol. The van der Waals surface area contributed by atoms with Crippen molar-refractivity contribution in [2.45, 2.75) is 51.0 Å². The Morgan fingerprint density at radius 3 is 2.29 bits per heavy atom. The zero-order valence-electron chi connectivity index (χ0n) is 12.0. The lowest BCUT2D eigenvalue weighted by Crippen LogP contribution is -2.54. The topological polar surface area (TPSA) is 83.5 Å². The molecule has 114 valence electrons. The van der Waals surface area contributed by atoms with Gasteiger partial charge in [0.05, 0.1) is 4.88 Å². The van der Waals surface area contributed by atoms with Gasteiger partial charge < -0.3 is 10.4 Å². The summed E-state index contributed by atoms with van der Waals surface area (Å²) >= 11 is 1.16. The number of amides is 1. The summed E-state index contributed by atoms with van der Waals surface area (Å²) in [5.41, 5.74) is -0.691. The minimum absolute atomic E-state index is 0.104. The standard InChI is InChI=1S/C15H19NO4S/c1-10(17)11-8-12(21-9-11)13(18)16-15(14(19)20)6-4-2-3-5-7-15/h8-9H,2-7H2,1H3,(H,16,18)(H,19,20). The molecule has 2 rings (SSSR count). The Bertz CT molecular complexity index is 556. The summed E-state index contributed by atoms with van der Waals surface area (Å²) in [5, 5.41) is 13.9. The molecule has 0 unspecified atom stereocenters. The fraction of sp³-hybridized carbons (Fsp3) is 0.533. The largest absolute Gasteiger partial charge is 0.480 e. The first-order valence-electron chi connectivity index (χ1n) is 7.10. The van der Waals surface area contributed by atoms with Gasteiger partial charge in [0.15, 0.2) is 5.78 Å². The molecule has 0 atom stereocenters. The molecule has 1 heterocycles. The molecule has 2 N–H and O–H groups in total. The van der Waals surface area contributed by atoms with Crippen molar-refractivity contribution in [2.75, 3.05) is 0 Å². The third-order valence-corrected chi connectivity index (χ3v) is 4.88. The predicted octanol–water partition coefficient (Wildman–Crippen LogP) is 2.86. The zero-order valence-corrected chi connectivity index (χ0v) is 12.8. The summed E-state index contributed by atoms with van der Waals surface area (Å²) in [6, 6.07) is 1.52. The van der Waals surface area contributed by atoms with E-state index in [0.717, 1.165) is 37.0 Å². The van der Waals surface area contributed by atoms with Crippen molar-refractivity contribution in [3.63, 3.8) is 0 Å². The van der Waals surface area contributed by atoms with Gasteiger partial charge in [-0.05, 0) is 25.8 Å². The van der Waals surface area contributed by atoms with Gasteiger partial charge in [0.1, 0.15) is 5.54 Å². The number of rotatable bonds is 4. The molecule has 21 heavy (non-hydrogen) atoms. The lowest BCUT2D eigenvalue weighted by atomic mass is 9.90. The average Bonchev–Trinajstić information content (AvgIpc) is 2.81. The van der Waals surface area contributed by atoms with Crippen LogP contribution in [0.3, 0.4) is 0 Å². The molecule has 6 heteroatoms. The fourth-order valence-corrected chi connectivity index (χ4v) is 3.48. The van der Waals surface area contributed by atoms with Gasteiger partial charge in [0.2, 0.25) is 0 Å². The second-order valence-corrected chi connectivity index (χ2v) is 6.42. The Hall–Kier alpha value is -1.69. The second-order valence-electron chi connectivity index (χ2n) is 5.51. The Morgan fingerprint density at radius 2 is 1.81 bits per heavy atom. The van der Waals surface area contributed by atoms with E-state index in [9.17, 15) is 19.5 Å². The Balaban J connectivity index is 2.17. The van der Waals surface area contributed by atoms with Crippen LogP contribution in [0.4, 0.5) is 0 Å². The van der Waals surface area contributed by atoms with Crippen LogP contribution in [0.2, 0.25) is 0 Å². The van der Waals surface area contributed by atoms with E-state index in [0.29, 0.717) is 23.3 Å². The van der Waals surface area contributed by atoms with Gasteiger partial charge in [-0.3, -0.25) is 9.59 Å². The molecular weight excluding hydrogens is 290 g/mol. The summed E-state index contributed by atoms with van der Waals surface area (Å²) in [6.07, 6.45) is 4.51. The van der Waals surface area contributed by atoms with Crippen LogP contribution in [0, 0.1) is 0 Å². The van der Waals surface area contributed by atoms with E-state index in [4.69, 9.17) is 0 Å². The number of carbonyl (C=O) groups is 3. The predicted molar refractivity (Wildman–Crippen MR) is 79.9 cm³/mol. The molecule has 1 amide bonds. The quantitative estimate of drug-likeness (QED) is 0.661. The van der Waals surface area contributed by atoms with Gasteiger partial charge in [-0.2, -0.15) is 0 Å². The highest BCUT2D eigenvalue weighted by molar-refractivity contribution is 7.12. The Morgan fingerprint density at radius 1 is 1.19 bits per heavy atom. The molecule has 0 aliphatic heterocycles. The van der Waals surface area contributed by atoms with Gasteiger partial charge in [-0.15, -0.1) is 11.3 Å². The number of carboxylic acids is 1. The highest BCUT2D eigenvalue weighted by Crippen LogP contribution is 2.28. The van der Waals surface area contributed by atoms with Gasteiger partial charge in [0, 0.05) is 10.9 Å². The van der Waals surface area contributed by atoms with Crippen molar-refractivity contribution in [1.29, 1.82) is 0 Å². The van der Waals surface area contributed by atoms with E-state index in [1.165, 1.54) is 13.0 Å². The van der Waals surface area contributed by atoms with Crippen LogP contribution < -0.4 is 5.32 Å². The number of hydrogen-bond donors (Lipinski definition) is 2. The van der Waals surface area contributed by atoms with Crippen molar-refractivity contribution >= 4 is 29.0 Å². The molecule has 0 spiro atoms. The van der Waals surface area contributed by atoms with Gasteiger partial charge in [0.25, 0.3) is 5.91 Å². The third kappa shape index (κ3) is 3.50. The molecule has 1 aliphatic rings. The smallest absolute Gasteiger partial charge is 0.329 e. The number of thiophene rings is 1. The van der Waals surface area contributed by atoms with Crippen molar-refractivity contribution in [1.82, 2.24) is 5.32 Å². The Labute approximate surface area is 127 Å². The van der Waals surface area contributed by atoms with Crippen LogP contribution in [-0.2, 0) is 4.79 Å². The fourth-order valence-electron chi connectivity index (χ4n) is 2.64. The first-order chi connectivity index (χ1) is 9.94. The van der Waals surface area contributed by atoms with Crippen LogP contribution >= 0.6 is 11.3 Å². The molecule has 1 aliphatic carbocycles. The van der Waals surface area contributed by atoms with E-state index in [-0.39, 0.29) is 5.78 Å². The minimum atomic E-state index is -1.17. The maximum absolute atomic E-state index is 12.3. The number of aliphatic carboxylic acids is 1. The van der Waals surface area contributed by atoms with Crippen LogP contribution in [0.1, 0.15) is 65.5 Å². The first kappa shape index (κ1) is 15.7. The average molecular weight is 309 g/mol. The third-order valence-electron chi connectivity index (χ3n) is 3.95. The lowest BCUT2D eigenvalue weighted by molar-refractivity contribution is -0.145. The highest BCUT2D eigenvalue weighted by Gasteiger charge is 2.40. The highest BCUT2D eigenvalue weighted by atomic mass is 32.1. The van der Waals surface area contributed by atoms with Crippen molar-refractivity contribution in [3.8, 4) is 0 Å². The van der Waals surface area contributed by atoms with E-state index in [1.54, 1.807) is 5.38 Å². The SMILES string of the molecule is CC(=O)c1csc(C(=O)NC2(C(=O)O)CCCCCC2)c1. The summed E-state index contributed by atoms with van der Waals surface area (Å²) in [4.78, 5) is 35.6. The number of ketones is 1. The summed E-state index contributed by atoms with van der Waals surface area (Å²) in [5.74, 6) is -1.48. The number of carboxylic acid groups (broad SMARTS) is 1. The molecule has 1 aromatic heterocycles. The molecule has 1 fully saturated rings. The van der Waals surface area contributed by atoms with E-state index in [1.807, 2.05) is 0 Å². The molecule has 1 saturated carbocycles. The number of hydrogen-bond acceptors (Lipinski definition) is 4. The first-order valence-corrected chi connectivity index (χ1v) is 7.98. The summed E-state index contributed by atoms with van der Waals surface area (Å²) in [6.45, 7) is 1.44. The van der Waals surface area contributed by atoms with Crippen molar-refractivity contribution in [3.05, 3.63) is 21.9 Å². The molecule has 5 nitrogen and oxygen atoms in total. The molecule has 0 aromatic carbocycles. The van der Waals surface area contributed by atoms with Crippen LogP contribution in [-0.4, -0.2) is 28.3 Å². The number of nitrogens with one attached hydrogen (secondary N) is 1. The van der Waals surface area contributed by atoms with Crippen LogP contribution in [0.5, 0.6) is 0 Å². The number of Topliss-reactive ketones (excluding diaryl/α,β-unsaturated/α-hetero) is 1. The molecule has 0 bridgehead atoms. The molecule has 1 aromatic rings. The molecule has 0 radical (unpaired) electrons. The molecular formula is C15H19NO4S. The molecule has 0 saturated heterocycles. The number of carbonyl (C=O) groups excluding carboxylic acids is 2. The van der Waals surface area contributed by atoms with Crippen molar-refractivity contribution < 1.29 is 19.5 Å². The minimum Gasteiger partial charge on any atom is -0.480 e. The second kappa shape index (κ2) is 6.39. The normalized spacial score (nSPS) is 17.8. The van der Waals surface area contributed by atoms with Crippen LogP contribution in [0.15, 0.2) is 11.4 Å². The Kier molecular flexibility index (Phi) is 4.77.